The molecule has 0 spiro atoms. The average molecular weight is 434 g/mol. The number of likely N-dealkylation sites (N-methyl/N-ethyl adjacent to an activating group) is 1. The van der Waals surface area contributed by atoms with Gasteiger partial charge in [-0.05, 0) is 55.3 Å². The van der Waals surface area contributed by atoms with Crippen LogP contribution in [0.15, 0.2) is 47.4 Å². The van der Waals surface area contributed by atoms with Crippen LogP contribution >= 0.6 is 35.6 Å². The first kappa shape index (κ1) is 20.7. The standard InChI is InChI=1S/C21H20ClNO3S2/c1-3-23-20(24)19(28-21(23)27)12-15-7-10-17(18(11-15)25-4-2)26-13-14-5-8-16(22)9-6-14/h5-12H,3-4,13H2,1-2H3/b19-12-. The van der Waals surface area contributed by atoms with Gasteiger partial charge >= 0.3 is 0 Å². The van der Waals surface area contributed by atoms with Gasteiger partial charge in [0.2, 0.25) is 0 Å². The molecule has 0 atom stereocenters. The normalized spacial score (nSPS) is 15.4. The van der Waals surface area contributed by atoms with Crippen molar-refractivity contribution >= 4 is 51.9 Å². The molecular formula is C21H20ClNO3S2. The van der Waals surface area contributed by atoms with Crippen molar-refractivity contribution < 1.29 is 14.3 Å². The zero-order valence-corrected chi connectivity index (χ0v) is 18.0. The smallest absolute Gasteiger partial charge is 0.266 e. The van der Waals surface area contributed by atoms with Gasteiger partial charge in [-0.25, -0.2) is 0 Å². The molecule has 2 aromatic carbocycles. The quantitative estimate of drug-likeness (QED) is 0.423. The molecule has 4 nitrogen and oxygen atoms in total. The number of hydrogen-bond donors (Lipinski definition) is 0. The highest BCUT2D eigenvalue weighted by Gasteiger charge is 2.30. The molecule has 1 fully saturated rings. The van der Waals surface area contributed by atoms with Crippen LogP contribution in [0.2, 0.25) is 5.02 Å². The van der Waals surface area contributed by atoms with Gasteiger partial charge in [0.25, 0.3) is 5.91 Å². The Kier molecular flexibility index (Phi) is 6.99. The van der Waals surface area contributed by atoms with Crippen LogP contribution in [0.1, 0.15) is 25.0 Å². The average Bonchev–Trinajstić information content (AvgIpc) is 2.95. The molecule has 0 radical (unpaired) electrons. The van der Waals surface area contributed by atoms with Crippen LogP contribution in [0.3, 0.4) is 0 Å². The van der Waals surface area contributed by atoms with Crippen molar-refractivity contribution in [3.05, 3.63) is 63.5 Å². The second-order valence-corrected chi connectivity index (χ2v) is 8.09. The third kappa shape index (κ3) is 4.87. The summed E-state index contributed by atoms with van der Waals surface area (Å²) >= 11 is 12.5. The molecule has 2 aromatic rings. The molecule has 1 saturated heterocycles. The highest BCUT2D eigenvalue weighted by Crippen LogP contribution is 2.35. The highest BCUT2D eigenvalue weighted by atomic mass is 35.5. The van der Waals surface area contributed by atoms with Crippen molar-refractivity contribution in [3.8, 4) is 11.5 Å². The fourth-order valence-electron chi connectivity index (χ4n) is 2.67. The molecule has 3 rings (SSSR count). The van der Waals surface area contributed by atoms with Crippen molar-refractivity contribution in [2.75, 3.05) is 13.2 Å². The molecule has 1 aliphatic heterocycles. The summed E-state index contributed by atoms with van der Waals surface area (Å²) in [6.07, 6.45) is 1.83. The Morgan fingerprint density at radius 2 is 1.86 bits per heavy atom. The zero-order chi connectivity index (χ0) is 20.1. The fraction of sp³-hybridized carbons (Fsp3) is 0.238. The van der Waals surface area contributed by atoms with Gasteiger partial charge in [-0.15, -0.1) is 0 Å². The lowest BCUT2D eigenvalue weighted by molar-refractivity contribution is -0.121. The van der Waals surface area contributed by atoms with Crippen molar-refractivity contribution in [1.82, 2.24) is 4.90 Å². The largest absolute Gasteiger partial charge is 0.490 e. The number of benzene rings is 2. The van der Waals surface area contributed by atoms with E-state index >= 15 is 0 Å². The topological polar surface area (TPSA) is 38.8 Å². The molecular weight excluding hydrogens is 414 g/mol. The third-order valence-electron chi connectivity index (χ3n) is 4.06. The number of carbonyl (C=O) groups is 1. The number of nitrogens with zero attached hydrogens (tertiary/aromatic N) is 1. The Labute approximate surface area is 179 Å². The van der Waals surface area contributed by atoms with Gasteiger partial charge in [0.15, 0.2) is 11.5 Å². The van der Waals surface area contributed by atoms with E-state index in [9.17, 15) is 4.79 Å². The van der Waals surface area contributed by atoms with E-state index in [1.807, 2.05) is 62.4 Å². The Morgan fingerprint density at radius 3 is 2.50 bits per heavy atom. The lowest BCUT2D eigenvalue weighted by atomic mass is 10.1. The first-order valence-corrected chi connectivity index (χ1v) is 10.5. The van der Waals surface area contributed by atoms with Crippen molar-refractivity contribution in [2.24, 2.45) is 0 Å². The fourth-order valence-corrected chi connectivity index (χ4v) is 4.18. The summed E-state index contributed by atoms with van der Waals surface area (Å²) in [5.41, 5.74) is 1.87. The number of hydrogen-bond acceptors (Lipinski definition) is 5. The van der Waals surface area contributed by atoms with Crippen LogP contribution < -0.4 is 9.47 Å². The third-order valence-corrected chi connectivity index (χ3v) is 5.69. The van der Waals surface area contributed by atoms with Crippen LogP contribution in [0, 0.1) is 0 Å². The Bertz CT molecular complexity index is 912. The van der Waals surface area contributed by atoms with Crippen LogP contribution in [0.4, 0.5) is 0 Å². The molecule has 0 bridgehead atoms. The van der Waals surface area contributed by atoms with E-state index in [4.69, 9.17) is 33.3 Å². The van der Waals surface area contributed by atoms with Gasteiger partial charge in [-0.3, -0.25) is 9.69 Å². The van der Waals surface area contributed by atoms with Crippen molar-refractivity contribution in [3.63, 3.8) is 0 Å². The zero-order valence-electron chi connectivity index (χ0n) is 15.6. The summed E-state index contributed by atoms with van der Waals surface area (Å²) in [6.45, 7) is 5.32. The Balaban J connectivity index is 1.79. The number of rotatable bonds is 7. The van der Waals surface area contributed by atoms with Crippen molar-refractivity contribution in [2.45, 2.75) is 20.5 Å². The predicted molar refractivity (Wildman–Crippen MR) is 119 cm³/mol. The summed E-state index contributed by atoms with van der Waals surface area (Å²) in [6, 6.07) is 13.1. The first-order valence-electron chi connectivity index (χ1n) is 8.91. The maximum atomic E-state index is 12.4. The summed E-state index contributed by atoms with van der Waals surface area (Å²) in [5.74, 6) is 1.23. The highest BCUT2D eigenvalue weighted by molar-refractivity contribution is 8.26. The lowest BCUT2D eigenvalue weighted by Gasteiger charge is -2.13. The van der Waals surface area contributed by atoms with Crippen LogP contribution in [-0.4, -0.2) is 28.3 Å². The van der Waals surface area contributed by atoms with E-state index in [2.05, 4.69) is 0 Å². The predicted octanol–water partition coefficient (Wildman–Crippen LogP) is 5.54. The Hall–Kier alpha value is -2.02. The maximum absolute atomic E-state index is 12.4. The molecule has 146 valence electrons. The second kappa shape index (κ2) is 9.45. The molecule has 0 saturated carbocycles. The molecule has 0 N–H and O–H groups in total. The van der Waals surface area contributed by atoms with Crippen LogP contribution in [0.25, 0.3) is 6.08 Å². The van der Waals surface area contributed by atoms with Gasteiger partial charge in [-0.2, -0.15) is 0 Å². The number of thiocarbonyl (C=S) groups is 1. The number of halogens is 1. The summed E-state index contributed by atoms with van der Waals surface area (Å²) in [7, 11) is 0. The molecule has 0 unspecified atom stereocenters. The number of carbonyl (C=O) groups excluding carboxylic acids is 1. The van der Waals surface area contributed by atoms with E-state index in [1.54, 1.807) is 4.90 Å². The Morgan fingerprint density at radius 1 is 1.11 bits per heavy atom. The monoisotopic (exact) mass is 433 g/mol. The van der Waals surface area contributed by atoms with E-state index in [-0.39, 0.29) is 5.91 Å². The summed E-state index contributed by atoms with van der Waals surface area (Å²) in [5, 5.41) is 0.691. The first-order chi connectivity index (χ1) is 13.5. The van der Waals surface area contributed by atoms with Gasteiger partial charge in [0.05, 0.1) is 11.5 Å². The molecule has 1 aliphatic rings. The van der Waals surface area contributed by atoms with E-state index in [0.717, 1.165) is 11.1 Å². The van der Waals surface area contributed by atoms with Crippen molar-refractivity contribution in [1.29, 1.82) is 0 Å². The number of amides is 1. The minimum Gasteiger partial charge on any atom is -0.490 e. The van der Waals surface area contributed by atoms with E-state index in [0.29, 0.717) is 45.5 Å². The van der Waals surface area contributed by atoms with Crippen LogP contribution in [0.5, 0.6) is 11.5 Å². The van der Waals surface area contributed by atoms with Gasteiger partial charge in [-0.1, -0.05) is 53.8 Å². The van der Waals surface area contributed by atoms with Gasteiger partial charge < -0.3 is 9.47 Å². The SMILES string of the molecule is CCOc1cc(/C=C2\SC(=S)N(CC)C2=O)ccc1OCc1ccc(Cl)cc1. The minimum absolute atomic E-state index is 0.0569. The van der Waals surface area contributed by atoms with E-state index in [1.165, 1.54) is 11.8 Å². The molecule has 1 amide bonds. The molecule has 7 heteroatoms. The summed E-state index contributed by atoms with van der Waals surface area (Å²) < 4.78 is 12.2. The van der Waals surface area contributed by atoms with Crippen LogP contribution in [-0.2, 0) is 11.4 Å². The maximum Gasteiger partial charge on any atom is 0.266 e. The van der Waals surface area contributed by atoms with E-state index < -0.39 is 0 Å². The number of ether oxygens (including phenoxy) is 2. The second-order valence-electron chi connectivity index (χ2n) is 5.98. The lowest BCUT2D eigenvalue weighted by Crippen LogP contribution is -2.27. The minimum atomic E-state index is -0.0569. The summed E-state index contributed by atoms with van der Waals surface area (Å²) in [4.78, 5) is 14.6. The molecule has 0 aliphatic carbocycles. The molecule has 28 heavy (non-hydrogen) atoms. The van der Waals surface area contributed by atoms with Gasteiger partial charge in [0, 0.05) is 11.6 Å². The number of thioether (sulfide) groups is 1. The molecule has 0 aromatic heterocycles. The molecule has 1 heterocycles. The van der Waals surface area contributed by atoms with Gasteiger partial charge in [0.1, 0.15) is 10.9 Å².